The van der Waals surface area contributed by atoms with Crippen molar-refractivity contribution in [2.75, 3.05) is 33.7 Å². The van der Waals surface area contributed by atoms with Crippen LogP contribution in [0.5, 0.6) is 0 Å². The van der Waals surface area contributed by atoms with E-state index in [1.165, 1.54) is 0 Å². The Balaban J connectivity index is 1.60. The molecule has 2 aliphatic rings. The van der Waals surface area contributed by atoms with Crippen molar-refractivity contribution >= 4 is 11.8 Å². The molecule has 0 aliphatic carbocycles. The van der Waals surface area contributed by atoms with Gasteiger partial charge in [0.2, 0.25) is 11.8 Å². The zero-order chi connectivity index (χ0) is 18.1. The van der Waals surface area contributed by atoms with Gasteiger partial charge in [-0.2, -0.15) is 0 Å². The second kappa shape index (κ2) is 7.11. The molecule has 2 saturated heterocycles. The highest BCUT2D eigenvalue weighted by atomic mass is 19.1. The zero-order valence-electron chi connectivity index (χ0n) is 15.1. The summed E-state index contributed by atoms with van der Waals surface area (Å²) in [6.45, 7) is 1.87. The minimum atomic E-state index is -0.882. The quantitative estimate of drug-likeness (QED) is 0.764. The van der Waals surface area contributed by atoms with Gasteiger partial charge in [0.25, 0.3) is 0 Å². The van der Waals surface area contributed by atoms with Gasteiger partial charge < -0.3 is 14.4 Å². The van der Waals surface area contributed by atoms with Crippen molar-refractivity contribution in [3.63, 3.8) is 0 Å². The fourth-order valence-corrected chi connectivity index (χ4v) is 3.78. The van der Waals surface area contributed by atoms with Gasteiger partial charge in [0.1, 0.15) is 12.0 Å². The third-order valence-corrected chi connectivity index (χ3v) is 5.29. The van der Waals surface area contributed by atoms with Gasteiger partial charge in [0.05, 0.1) is 12.5 Å². The molecule has 3 atom stereocenters. The topological polar surface area (TPSA) is 61.7 Å². The first-order valence-electron chi connectivity index (χ1n) is 8.68. The molecule has 0 bridgehead atoms. The largest absolute Gasteiger partial charge is 0.345 e. The maximum Gasteiger partial charge on any atom is 0.227 e. The fraction of sp³-hybridized carbons (Fsp3) is 0.706. The molecular weight excluding hydrogens is 325 g/mol. The lowest BCUT2D eigenvalue weighted by Crippen LogP contribution is -2.43. The molecule has 138 valence electrons. The predicted molar refractivity (Wildman–Crippen MR) is 90.3 cm³/mol. The molecule has 1 aromatic heterocycles. The molecule has 0 radical (unpaired) electrons. The Morgan fingerprint density at radius 3 is 2.76 bits per heavy atom. The summed E-state index contributed by atoms with van der Waals surface area (Å²) in [5.41, 5.74) is 0. The van der Waals surface area contributed by atoms with E-state index in [1.54, 1.807) is 30.1 Å². The van der Waals surface area contributed by atoms with E-state index in [9.17, 15) is 14.0 Å². The van der Waals surface area contributed by atoms with E-state index in [2.05, 4.69) is 9.88 Å². The summed E-state index contributed by atoms with van der Waals surface area (Å²) in [5, 5.41) is 0. The average molecular weight is 351 g/mol. The van der Waals surface area contributed by atoms with Crippen LogP contribution in [0.15, 0.2) is 12.4 Å². The van der Waals surface area contributed by atoms with E-state index in [4.69, 9.17) is 0 Å². The number of carbonyl (C=O) groups is 2. The SMILES string of the molecule is CN1C[C@H](C(=O)N(C)C[C@@H]2C[C@H](F)CN2Cc2nccn2C)CC1=O. The van der Waals surface area contributed by atoms with Crippen LogP contribution in [0, 0.1) is 5.92 Å². The molecule has 0 aromatic carbocycles. The van der Waals surface area contributed by atoms with Crippen LogP contribution in [0.3, 0.4) is 0 Å². The van der Waals surface area contributed by atoms with Gasteiger partial charge in [-0.1, -0.05) is 0 Å². The number of likely N-dealkylation sites (tertiary alicyclic amines) is 2. The Hall–Kier alpha value is -1.96. The van der Waals surface area contributed by atoms with E-state index in [0.29, 0.717) is 32.6 Å². The number of aromatic nitrogens is 2. The molecule has 0 unspecified atom stereocenters. The van der Waals surface area contributed by atoms with Crippen LogP contribution in [0.4, 0.5) is 4.39 Å². The van der Waals surface area contributed by atoms with Crippen LogP contribution in [-0.4, -0.2) is 82.0 Å². The molecule has 0 spiro atoms. The molecule has 8 heteroatoms. The number of carbonyl (C=O) groups excluding carboxylic acids is 2. The smallest absolute Gasteiger partial charge is 0.227 e. The van der Waals surface area contributed by atoms with Crippen molar-refractivity contribution in [3.8, 4) is 0 Å². The van der Waals surface area contributed by atoms with Crippen LogP contribution < -0.4 is 0 Å². The van der Waals surface area contributed by atoms with Crippen molar-refractivity contribution in [2.24, 2.45) is 13.0 Å². The van der Waals surface area contributed by atoms with Crippen molar-refractivity contribution in [2.45, 2.75) is 31.6 Å². The number of imidazole rings is 1. The van der Waals surface area contributed by atoms with Crippen LogP contribution in [0.25, 0.3) is 0 Å². The minimum absolute atomic E-state index is 0.00727. The van der Waals surface area contributed by atoms with E-state index >= 15 is 0 Å². The number of rotatable bonds is 5. The lowest BCUT2D eigenvalue weighted by molar-refractivity contribution is -0.135. The highest BCUT2D eigenvalue weighted by Gasteiger charge is 2.37. The Labute approximate surface area is 147 Å². The summed E-state index contributed by atoms with van der Waals surface area (Å²) in [4.78, 5) is 33.9. The molecule has 7 nitrogen and oxygen atoms in total. The zero-order valence-corrected chi connectivity index (χ0v) is 15.1. The first-order chi connectivity index (χ1) is 11.8. The minimum Gasteiger partial charge on any atom is -0.345 e. The fourth-order valence-electron chi connectivity index (χ4n) is 3.78. The van der Waals surface area contributed by atoms with E-state index in [0.717, 1.165) is 5.82 Å². The standard InChI is InChI=1S/C17H26FN5O2/c1-20-5-4-19-15(20)11-23-9-13(18)7-14(23)10-22(3)17(25)12-6-16(24)21(2)8-12/h4-5,12-14H,6-11H2,1-3H3/t12-,13+,14+/m1/s1. The van der Waals surface area contributed by atoms with Gasteiger partial charge in [-0.05, 0) is 6.42 Å². The maximum absolute atomic E-state index is 14.0. The highest BCUT2D eigenvalue weighted by molar-refractivity contribution is 5.89. The summed E-state index contributed by atoms with van der Waals surface area (Å²) in [5.74, 6) is 0.578. The van der Waals surface area contributed by atoms with Gasteiger partial charge in [0.15, 0.2) is 0 Å². The molecule has 3 rings (SSSR count). The lowest BCUT2D eigenvalue weighted by atomic mass is 10.1. The number of aryl methyl sites for hydroxylation is 1. The Kier molecular flexibility index (Phi) is 5.08. The van der Waals surface area contributed by atoms with Gasteiger partial charge in [-0.3, -0.25) is 14.5 Å². The molecule has 2 fully saturated rings. The molecule has 0 N–H and O–H groups in total. The normalized spacial score (nSPS) is 27.3. The van der Waals surface area contributed by atoms with Crippen molar-refractivity contribution in [1.29, 1.82) is 0 Å². The molecule has 3 heterocycles. The number of nitrogens with zero attached hydrogens (tertiary/aromatic N) is 5. The Morgan fingerprint density at radius 1 is 1.40 bits per heavy atom. The van der Waals surface area contributed by atoms with Gasteiger partial charge in [-0.15, -0.1) is 0 Å². The van der Waals surface area contributed by atoms with Crippen molar-refractivity contribution in [3.05, 3.63) is 18.2 Å². The number of alkyl halides is 1. The van der Waals surface area contributed by atoms with E-state index < -0.39 is 6.17 Å². The first kappa shape index (κ1) is 17.8. The molecule has 25 heavy (non-hydrogen) atoms. The van der Waals surface area contributed by atoms with Crippen molar-refractivity contribution in [1.82, 2.24) is 24.3 Å². The van der Waals surface area contributed by atoms with Crippen LogP contribution >= 0.6 is 0 Å². The van der Waals surface area contributed by atoms with Crippen LogP contribution in [0.2, 0.25) is 0 Å². The number of amides is 2. The average Bonchev–Trinajstić information content (AvgIpc) is 3.21. The summed E-state index contributed by atoms with van der Waals surface area (Å²) in [7, 11) is 5.38. The van der Waals surface area contributed by atoms with Gasteiger partial charge >= 0.3 is 0 Å². The monoisotopic (exact) mass is 351 g/mol. The molecule has 0 saturated carbocycles. The second-order valence-electron chi connectivity index (χ2n) is 7.26. The van der Waals surface area contributed by atoms with E-state index in [1.807, 2.05) is 17.8 Å². The van der Waals surface area contributed by atoms with E-state index in [-0.39, 0.29) is 30.2 Å². The molecule has 2 amide bonds. The lowest BCUT2D eigenvalue weighted by Gasteiger charge is -2.29. The maximum atomic E-state index is 14.0. The summed E-state index contributed by atoms with van der Waals surface area (Å²) in [6, 6.07) is -0.0320. The van der Waals surface area contributed by atoms with Crippen LogP contribution in [0.1, 0.15) is 18.7 Å². The molecular formula is C17H26FN5O2. The van der Waals surface area contributed by atoms with Gasteiger partial charge in [-0.25, -0.2) is 9.37 Å². The van der Waals surface area contributed by atoms with Crippen molar-refractivity contribution < 1.29 is 14.0 Å². The molecule has 1 aromatic rings. The first-order valence-corrected chi connectivity index (χ1v) is 8.68. The summed E-state index contributed by atoms with van der Waals surface area (Å²) >= 11 is 0. The summed E-state index contributed by atoms with van der Waals surface area (Å²) in [6.07, 6.45) is 3.42. The summed E-state index contributed by atoms with van der Waals surface area (Å²) < 4.78 is 15.9. The van der Waals surface area contributed by atoms with Gasteiger partial charge in [0, 0.05) is 65.6 Å². The highest BCUT2D eigenvalue weighted by Crippen LogP contribution is 2.24. The number of hydrogen-bond donors (Lipinski definition) is 0. The number of hydrogen-bond acceptors (Lipinski definition) is 4. The number of halogens is 1. The van der Waals surface area contributed by atoms with Crippen LogP contribution in [-0.2, 0) is 23.2 Å². The predicted octanol–water partition coefficient (Wildman–Crippen LogP) is 0.269. The Morgan fingerprint density at radius 2 is 2.16 bits per heavy atom. The Bertz CT molecular complexity index is 649. The number of likely N-dealkylation sites (N-methyl/N-ethyl adjacent to an activating group) is 1. The third-order valence-electron chi connectivity index (χ3n) is 5.29. The third kappa shape index (κ3) is 3.84. The molecule has 2 aliphatic heterocycles. The second-order valence-corrected chi connectivity index (χ2v) is 7.26.